The maximum atomic E-state index is 11.5. The Bertz CT molecular complexity index is 478. The number of nitriles is 1. The zero-order valence-corrected chi connectivity index (χ0v) is 13.8. The Labute approximate surface area is 126 Å². The number of carbonyl (C=O) groups excluding carboxylic acids is 1. The molecule has 0 aromatic carbocycles. The van der Waals surface area contributed by atoms with Crippen LogP contribution in [0.1, 0.15) is 38.5 Å². The van der Waals surface area contributed by atoms with Gasteiger partial charge >= 0.3 is 5.97 Å². The van der Waals surface area contributed by atoms with Crippen molar-refractivity contribution < 1.29 is 9.53 Å². The van der Waals surface area contributed by atoms with Crippen LogP contribution in [-0.4, -0.2) is 12.6 Å². The van der Waals surface area contributed by atoms with Crippen LogP contribution in [-0.2, 0) is 14.9 Å². The number of nitrogens with zero attached hydrogens (tertiary/aromatic N) is 1. The van der Waals surface area contributed by atoms with Gasteiger partial charge in [0.05, 0.1) is 18.1 Å². The van der Waals surface area contributed by atoms with Crippen molar-refractivity contribution in [3.63, 3.8) is 0 Å². The molecule has 104 valence electrons. The summed E-state index contributed by atoms with van der Waals surface area (Å²) in [6, 6.07) is 4.40. The summed E-state index contributed by atoms with van der Waals surface area (Å²) in [5.74, 6) is -0.101. The first-order valence-electron chi connectivity index (χ1n) is 6.27. The monoisotopic (exact) mass is 343 g/mol. The zero-order valence-electron chi connectivity index (χ0n) is 11.4. The van der Waals surface area contributed by atoms with Gasteiger partial charge in [0.25, 0.3) is 0 Å². The van der Waals surface area contributed by atoms with Crippen LogP contribution in [0, 0.1) is 17.2 Å². The maximum Gasteiger partial charge on any atom is 0.305 e. The Kier molecular flexibility index (Phi) is 6.02. The highest BCUT2D eigenvalue weighted by molar-refractivity contribution is 9.10. The van der Waals surface area contributed by atoms with Gasteiger partial charge in [-0.3, -0.25) is 4.79 Å². The summed E-state index contributed by atoms with van der Waals surface area (Å²) in [5.41, 5.74) is -0.622. The molecule has 0 radical (unpaired) electrons. The van der Waals surface area contributed by atoms with E-state index in [1.165, 1.54) is 0 Å². The molecular formula is C14H18BrNO2S. The first-order valence-corrected chi connectivity index (χ1v) is 7.95. The number of ether oxygens (including phenoxy) is 1. The summed E-state index contributed by atoms with van der Waals surface area (Å²) in [5, 5.41) is 11.6. The minimum atomic E-state index is -0.622. The standard InChI is InChI=1S/C14H18BrNO2S/c1-4-18-13(17)5-6-14(9-16,10(2)3)12-7-11(15)8-19-12/h7-8,10H,4-6H2,1-3H3. The van der Waals surface area contributed by atoms with E-state index >= 15 is 0 Å². The molecule has 1 unspecified atom stereocenters. The number of halogens is 1. The predicted octanol–water partition coefficient (Wildman–Crippen LogP) is 4.27. The van der Waals surface area contributed by atoms with Gasteiger partial charge < -0.3 is 4.74 Å². The van der Waals surface area contributed by atoms with Crippen LogP contribution >= 0.6 is 27.3 Å². The van der Waals surface area contributed by atoms with Gasteiger partial charge in [-0.05, 0) is 41.3 Å². The third kappa shape index (κ3) is 3.80. The number of esters is 1. The molecule has 0 N–H and O–H groups in total. The normalized spacial score (nSPS) is 13.9. The third-order valence-electron chi connectivity index (χ3n) is 3.22. The SMILES string of the molecule is CCOC(=O)CCC(C#N)(c1cc(Br)cs1)C(C)C. The molecular weight excluding hydrogens is 326 g/mol. The van der Waals surface area contributed by atoms with Crippen molar-refractivity contribution in [1.29, 1.82) is 5.26 Å². The van der Waals surface area contributed by atoms with E-state index < -0.39 is 5.41 Å². The lowest BCUT2D eigenvalue weighted by atomic mass is 9.74. The molecule has 1 rings (SSSR count). The van der Waals surface area contributed by atoms with E-state index in [1.807, 2.05) is 25.3 Å². The number of hydrogen-bond donors (Lipinski definition) is 0. The first-order chi connectivity index (χ1) is 8.96. The van der Waals surface area contributed by atoms with Gasteiger partial charge in [-0.1, -0.05) is 13.8 Å². The molecule has 0 saturated carbocycles. The summed E-state index contributed by atoms with van der Waals surface area (Å²) in [6.45, 7) is 6.20. The molecule has 5 heteroatoms. The molecule has 1 aromatic rings. The van der Waals surface area contributed by atoms with Crippen molar-refractivity contribution in [2.24, 2.45) is 5.92 Å². The minimum absolute atomic E-state index is 0.137. The fourth-order valence-electron chi connectivity index (χ4n) is 2.02. The predicted molar refractivity (Wildman–Crippen MR) is 80.0 cm³/mol. The van der Waals surface area contributed by atoms with E-state index in [-0.39, 0.29) is 18.3 Å². The van der Waals surface area contributed by atoms with Crippen molar-refractivity contribution >= 4 is 33.2 Å². The Morgan fingerprint density at radius 2 is 2.32 bits per heavy atom. The molecule has 0 amide bonds. The van der Waals surface area contributed by atoms with Crippen LogP contribution in [0.5, 0.6) is 0 Å². The van der Waals surface area contributed by atoms with Crippen molar-refractivity contribution in [3.8, 4) is 6.07 Å². The molecule has 0 aliphatic rings. The average Bonchev–Trinajstić information content (AvgIpc) is 2.78. The van der Waals surface area contributed by atoms with Crippen molar-refractivity contribution in [2.75, 3.05) is 6.61 Å². The third-order valence-corrected chi connectivity index (χ3v) is 5.09. The van der Waals surface area contributed by atoms with Gasteiger partial charge in [0.2, 0.25) is 0 Å². The van der Waals surface area contributed by atoms with Crippen molar-refractivity contribution in [2.45, 2.75) is 39.0 Å². The lowest BCUT2D eigenvalue weighted by Crippen LogP contribution is -2.30. The summed E-state index contributed by atoms with van der Waals surface area (Å²) in [6.07, 6.45) is 0.766. The molecule has 0 saturated heterocycles. The molecule has 0 fully saturated rings. The van der Waals surface area contributed by atoms with Crippen LogP contribution in [0.15, 0.2) is 15.9 Å². The molecule has 1 atom stereocenters. The van der Waals surface area contributed by atoms with Crippen LogP contribution in [0.25, 0.3) is 0 Å². The second-order valence-electron chi connectivity index (χ2n) is 4.67. The smallest absolute Gasteiger partial charge is 0.305 e. The highest BCUT2D eigenvalue weighted by atomic mass is 79.9. The Morgan fingerprint density at radius 3 is 2.74 bits per heavy atom. The van der Waals surface area contributed by atoms with Gasteiger partial charge in [-0.2, -0.15) is 5.26 Å². The minimum Gasteiger partial charge on any atom is -0.466 e. The fraction of sp³-hybridized carbons (Fsp3) is 0.571. The summed E-state index contributed by atoms with van der Waals surface area (Å²) >= 11 is 4.97. The molecule has 1 aromatic heterocycles. The highest BCUT2D eigenvalue weighted by Crippen LogP contribution is 2.40. The Balaban J connectivity index is 2.95. The molecule has 1 heterocycles. The molecule has 19 heavy (non-hydrogen) atoms. The van der Waals surface area contributed by atoms with E-state index in [0.717, 1.165) is 9.35 Å². The van der Waals surface area contributed by atoms with E-state index in [4.69, 9.17) is 4.74 Å². The summed E-state index contributed by atoms with van der Waals surface area (Å²) in [4.78, 5) is 12.5. The fourth-order valence-corrected chi connectivity index (χ4v) is 3.77. The van der Waals surface area contributed by atoms with E-state index in [9.17, 15) is 10.1 Å². The van der Waals surface area contributed by atoms with E-state index in [1.54, 1.807) is 18.3 Å². The molecule has 0 aliphatic heterocycles. The van der Waals surface area contributed by atoms with Gasteiger partial charge in [-0.25, -0.2) is 0 Å². The number of thiophene rings is 1. The van der Waals surface area contributed by atoms with E-state index in [2.05, 4.69) is 22.0 Å². The maximum absolute atomic E-state index is 11.5. The van der Waals surface area contributed by atoms with Crippen LogP contribution < -0.4 is 0 Å². The lowest BCUT2D eigenvalue weighted by Gasteiger charge is -2.29. The molecule has 3 nitrogen and oxygen atoms in total. The number of rotatable bonds is 6. The Hall–Kier alpha value is -0.860. The van der Waals surface area contributed by atoms with Crippen molar-refractivity contribution in [3.05, 3.63) is 20.8 Å². The van der Waals surface area contributed by atoms with Gasteiger partial charge in [0, 0.05) is 21.2 Å². The van der Waals surface area contributed by atoms with E-state index in [0.29, 0.717) is 13.0 Å². The zero-order chi connectivity index (χ0) is 14.5. The van der Waals surface area contributed by atoms with Crippen LogP contribution in [0.2, 0.25) is 0 Å². The topological polar surface area (TPSA) is 50.1 Å². The van der Waals surface area contributed by atoms with Crippen molar-refractivity contribution in [1.82, 2.24) is 0 Å². The van der Waals surface area contributed by atoms with Gasteiger partial charge in [-0.15, -0.1) is 11.3 Å². The quantitative estimate of drug-likeness (QED) is 0.724. The summed E-state index contributed by atoms with van der Waals surface area (Å²) < 4.78 is 5.92. The molecule has 0 spiro atoms. The lowest BCUT2D eigenvalue weighted by molar-refractivity contribution is -0.143. The van der Waals surface area contributed by atoms with Crippen LogP contribution in [0.3, 0.4) is 0 Å². The first kappa shape index (κ1) is 16.2. The molecule has 0 aliphatic carbocycles. The average molecular weight is 344 g/mol. The number of hydrogen-bond acceptors (Lipinski definition) is 4. The molecule has 0 bridgehead atoms. The van der Waals surface area contributed by atoms with Gasteiger partial charge in [0.15, 0.2) is 0 Å². The second-order valence-corrected chi connectivity index (χ2v) is 6.50. The highest BCUT2D eigenvalue weighted by Gasteiger charge is 2.37. The number of carbonyl (C=O) groups is 1. The second kappa shape index (κ2) is 7.06. The van der Waals surface area contributed by atoms with Crippen LogP contribution in [0.4, 0.5) is 0 Å². The largest absolute Gasteiger partial charge is 0.466 e. The Morgan fingerprint density at radius 1 is 1.63 bits per heavy atom. The summed E-state index contributed by atoms with van der Waals surface area (Å²) in [7, 11) is 0. The van der Waals surface area contributed by atoms with Gasteiger partial charge in [0.1, 0.15) is 0 Å².